The summed E-state index contributed by atoms with van der Waals surface area (Å²) < 4.78 is 0. The molecule has 6 nitrogen and oxygen atoms in total. The third kappa shape index (κ3) is 4.03. The van der Waals surface area contributed by atoms with Gasteiger partial charge in [-0.1, -0.05) is 32.0 Å². The molecule has 1 aromatic heterocycles. The predicted octanol–water partition coefficient (Wildman–Crippen LogP) is 3.21. The van der Waals surface area contributed by atoms with Gasteiger partial charge in [0, 0.05) is 44.5 Å². The molecule has 2 aliphatic rings. The van der Waals surface area contributed by atoms with Crippen LogP contribution in [0.4, 0.5) is 5.82 Å². The molecule has 1 atom stereocenters. The highest BCUT2D eigenvalue weighted by Gasteiger charge is 2.42. The van der Waals surface area contributed by atoms with Crippen molar-refractivity contribution in [3.8, 4) is 0 Å². The smallest absolute Gasteiger partial charge is 0.254 e. The summed E-state index contributed by atoms with van der Waals surface area (Å²) in [6, 6.07) is 8.01. The molecule has 2 aromatic rings. The van der Waals surface area contributed by atoms with Gasteiger partial charge < -0.3 is 15.1 Å². The second kappa shape index (κ2) is 7.98. The summed E-state index contributed by atoms with van der Waals surface area (Å²) in [4.78, 5) is 34.4. The van der Waals surface area contributed by atoms with Crippen LogP contribution in [0.15, 0.2) is 30.5 Å². The minimum Gasteiger partial charge on any atom is -0.355 e. The van der Waals surface area contributed by atoms with Gasteiger partial charge >= 0.3 is 0 Å². The first-order valence-corrected chi connectivity index (χ1v) is 11.0. The van der Waals surface area contributed by atoms with Gasteiger partial charge in [-0.05, 0) is 54.5 Å². The van der Waals surface area contributed by atoms with Crippen LogP contribution in [0, 0.1) is 26.2 Å². The van der Waals surface area contributed by atoms with E-state index in [4.69, 9.17) is 0 Å². The molecule has 1 N–H and O–H groups in total. The summed E-state index contributed by atoms with van der Waals surface area (Å²) in [7, 11) is 0. The van der Waals surface area contributed by atoms with Crippen LogP contribution in [0.2, 0.25) is 0 Å². The maximum atomic E-state index is 13.2. The van der Waals surface area contributed by atoms with Gasteiger partial charge in [0.15, 0.2) is 0 Å². The van der Waals surface area contributed by atoms with Crippen LogP contribution >= 0.6 is 0 Å². The van der Waals surface area contributed by atoms with Gasteiger partial charge in [0.25, 0.3) is 5.91 Å². The molecule has 0 saturated carbocycles. The van der Waals surface area contributed by atoms with Crippen molar-refractivity contribution in [2.45, 2.75) is 40.5 Å². The summed E-state index contributed by atoms with van der Waals surface area (Å²) in [6.45, 7) is 13.9. The molecule has 1 unspecified atom stereocenters. The molecule has 0 aliphatic carbocycles. The lowest BCUT2D eigenvalue weighted by Crippen LogP contribution is -2.49. The molecule has 2 fully saturated rings. The number of hydrogen-bond acceptors (Lipinski definition) is 4. The normalized spacial score (nSPS) is 20.7. The zero-order valence-corrected chi connectivity index (χ0v) is 19.2. The Hall–Kier alpha value is -2.89. The fraction of sp³-hybridized carbons (Fsp3) is 0.480. The number of aromatic nitrogens is 1. The molecule has 31 heavy (non-hydrogen) atoms. The molecule has 4 rings (SSSR count). The summed E-state index contributed by atoms with van der Waals surface area (Å²) in [5.41, 5.74) is 4.83. The zero-order valence-electron chi connectivity index (χ0n) is 19.2. The number of carbonyl (C=O) groups is 2. The van der Waals surface area contributed by atoms with E-state index in [-0.39, 0.29) is 23.1 Å². The van der Waals surface area contributed by atoms with Crippen LogP contribution in [-0.2, 0) is 4.79 Å². The SMILES string of the molecule is Cc1cnc(N2CCN(C(=O)c3ccc(C4C(=O)NCC4(C)C)cc3C)CC2)c(C)c1. The van der Waals surface area contributed by atoms with Crippen LogP contribution in [0.25, 0.3) is 0 Å². The zero-order chi connectivity index (χ0) is 22.3. The van der Waals surface area contributed by atoms with Crippen molar-refractivity contribution in [2.75, 3.05) is 37.6 Å². The molecule has 1 aromatic carbocycles. The van der Waals surface area contributed by atoms with Crippen molar-refractivity contribution in [2.24, 2.45) is 5.41 Å². The van der Waals surface area contributed by atoms with Gasteiger partial charge in [0.2, 0.25) is 5.91 Å². The molecule has 2 aliphatic heterocycles. The van der Waals surface area contributed by atoms with Gasteiger partial charge in [-0.3, -0.25) is 9.59 Å². The van der Waals surface area contributed by atoms with Crippen molar-refractivity contribution in [3.63, 3.8) is 0 Å². The quantitative estimate of drug-likeness (QED) is 0.828. The van der Waals surface area contributed by atoms with Crippen LogP contribution in [-0.4, -0.2) is 54.4 Å². The van der Waals surface area contributed by atoms with E-state index >= 15 is 0 Å². The largest absolute Gasteiger partial charge is 0.355 e. The van der Waals surface area contributed by atoms with Gasteiger partial charge in [0.1, 0.15) is 5.82 Å². The van der Waals surface area contributed by atoms with Crippen molar-refractivity contribution in [1.82, 2.24) is 15.2 Å². The molecular weight excluding hydrogens is 388 g/mol. The number of anilines is 1. The van der Waals surface area contributed by atoms with Crippen molar-refractivity contribution < 1.29 is 9.59 Å². The first kappa shape index (κ1) is 21.3. The van der Waals surface area contributed by atoms with E-state index in [0.717, 1.165) is 41.2 Å². The number of pyridine rings is 1. The maximum Gasteiger partial charge on any atom is 0.254 e. The van der Waals surface area contributed by atoms with Crippen molar-refractivity contribution in [3.05, 3.63) is 58.3 Å². The number of piperazine rings is 1. The van der Waals surface area contributed by atoms with E-state index in [9.17, 15) is 9.59 Å². The van der Waals surface area contributed by atoms with Gasteiger partial charge in [-0.2, -0.15) is 0 Å². The first-order valence-electron chi connectivity index (χ1n) is 11.0. The molecule has 0 spiro atoms. The van der Waals surface area contributed by atoms with Crippen LogP contribution in [0.1, 0.15) is 52.4 Å². The third-order valence-corrected chi connectivity index (χ3v) is 6.63. The number of nitrogens with zero attached hydrogens (tertiary/aromatic N) is 3. The number of benzene rings is 1. The third-order valence-electron chi connectivity index (χ3n) is 6.63. The Morgan fingerprint density at radius 3 is 2.35 bits per heavy atom. The van der Waals surface area contributed by atoms with E-state index in [2.05, 4.69) is 42.0 Å². The van der Waals surface area contributed by atoms with Crippen LogP contribution in [0.5, 0.6) is 0 Å². The number of aryl methyl sites for hydroxylation is 3. The Morgan fingerprint density at radius 1 is 1.06 bits per heavy atom. The molecule has 2 amide bonds. The Balaban J connectivity index is 1.46. The molecule has 2 saturated heterocycles. The standard InChI is InChI=1S/C25H32N4O2/c1-16-12-18(3)22(26-14-16)28-8-10-29(11-9-28)24(31)20-7-6-19(13-17(20)2)21-23(30)27-15-25(21,4)5/h6-7,12-14,21H,8-11,15H2,1-5H3,(H,27,30). The summed E-state index contributed by atoms with van der Waals surface area (Å²) in [5, 5.41) is 2.97. The summed E-state index contributed by atoms with van der Waals surface area (Å²) in [6.07, 6.45) is 1.90. The second-order valence-electron chi connectivity index (χ2n) is 9.65. The molecule has 0 radical (unpaired) electrons. The number of nitrogens with one attached hydrogen (secondary N) is 1. The minimum atomic E-state index is -0.177. The molecule has 3 heterocycles. The Labute approximate surface area is 184 Å². The number of rotatable bonds is 3. The van der Waals surface area contributed by atoms with Gasteiger partial charge in [-0.25, -0.2) is 4.98 Å². The fourth-order valence-corrected chi connectivity index (χ4v) is 4.91. The van der Waals surface area contributed by atoms with Crippen LogP contribution in [0.3, 0.4) is 0 Å². The highest BCUT2D eigenvalue weighted by Crippen LogP contribution is 2.39. The molecular formula is C25H32N4O2. The second-order valence-corrected chi connectivity index (χ2v) is 9.65. The van der Waals surface area contributed by atoms with E-state index in [1.165, 1.54) is 5.56 Å². The van der Waals surface area contributed by atoms with E-state index < -0.39 is 0 Å². The Bertz CT molecular complexity index is 1020. The van der Waals surface area contributed by atoms with E-state index in [0.29, 0.717) is 19.6 Å². The maximum absolute atomic E-state index is 13.2. The van der Waals surface area contributed by atoms with Gasteiger partial charge in [-0.15, -0.1) is 0 Å². The first-order chi connectivity index (χ1) is 14.7. The summed E-state index contributed by atoms with van der Waals surface area (Å²) >= 11 is 0. The fourth-order valence-electron chi connectivity index (χ4n) is 4.91. The van der Waals surface area contributed by atoms with Crippen molar-refractivity contribution in [1.29, 1.82) is 0 Å². The predicted molar refractivity (Wildman–Crippen MR) is 123 cm³/mol. The molecule has 0 bridgehead atoms. The highest BCUT2D eigenvalue weighted by atomic mass is 16.2. The Kier molecular flexibility index (Phi) is 5.50. The lowest BCUT2D eigenvalue weighted by molar-refractivity contribution is -0.121. The number of hydrogen-bond donors (Lipinski definition) is 1. The average Bonchev–Trinajstić information content (AvgIpc) is 3.00. The van der Waals surface area contributed by atoms with Crippen molar-refractivity contribution >= 4 is 17.6 Å². The number of carbonyl (C=O) groups excluding carboxylic acids is 2. The summed E-state index contributed by atoms with van der Waals surface area (Å²) in [5.74, 6) is 0.965. The Morgan fingerprint density at radius 2 is 1.77 bits per heavy atom. The van der Waals surface area contributed by atoms with Crippen LogP contribution < -0.4 is 10.2 Å². The molecule has 6 heteroatoms. The van der Waals surface area contributed by atoms with E-state index in [1.54, 1.807) is 0 Å². The lowest BCUT2D eigenvalue weighted by atomic mass is 9.77. The number of amides is 2. The average molecular weight is 421 g/mol. The topological polar surface area (TPSA) is 65.5 Å². The highest BCUT2D eigenvalue weighted by molar-refractivity contribution is 5.96. The van der Waals surface area contributed by atoms with E-state index in [1.807, 2.05) is 43.1 Å². The van der Waals surface area contributed by atoms with Gasteiger partial charge in [0.05, 0.1) is 5.92 Å². The molecule has 164 valence electrons. The minimum absolute atomic E-state index is 0.0624. The lowest BCUT2D eigenvalue weighted by Gasteiger charge is -2.36. The monoisotopic (exact) mass is 420 g/mol.